The van der Waals surface area contributed by atoms with Gasteiger partial charge < -0.3 is 10.6 Å². The highest BCUT2D eigenvalue weighted by Gasteiger charge is 2.37. The van der Waals surface area contributed by atoms with E-state index in [1.54, 1.807) is 0 Å². The van der Waals surface area contributed by atoms with Crippen molar-refractivity contribution in [2.24, 2.45) is 17.8 Å². The molecule has 1 aliphatic carbocycles. The predicted molar refractivity (Wildman–Crippen MR) is 51.2 cm³/mol. The highest BCUT2D eigenvalue weighted by molar-refractivity contribution is 5.80. The maximum Gasteiger partial charge on any atom is 0.224 e. The van der Waals surface area contributed by atoms with Gasteiger partial charge in [-0.15, -0.1) is 0 Å². The van der Waals surface area contributed by atoms with Crippen LogP contribution in [0.25, 0.3) is 0 Å². The molecular formula is C10H18N2O. The van der Waals surface area contributed by atoms with Crippen LogP contribution < -0.4 is 10.6 Å². The molecule has 74 valence electrons. The van der Waals surface area contributed by atoms with E-state index in [0.717, 1.165) is 13.1 Å². The molecule has 3 heteroatoms. The second kappa shape index (κ2) is 3.29. The summed E-state index contributed by atoms with van der Waals surface area (Å²) in [6, 6.07) is 0.472. The molecule has 0 aromatic heterocycles. The van der Waals surface area contributed by atoms with Crippen LogP contribution in [0.5, 0.6) is 0 Å². The zero-order chi connectivity index (χ0) is 9.42. The van der Waals surface area contributed by atoms with Crippen LogP contribution in [-0.4, -0.2) is 25.0 Å². The minimum absolute atomic E-state index is 0.202. The topological polar surface area (TPSA) is 41.1 Å². The molecular weight excluding hydrogens is 164 g/mol. The van der Waals surface area contributed by atoms with Crippen LogP contribution in [0.2, 0.25) is 0 Å². The molecule has 0 bridgehead atoms. The normalized spacial score (nSPS) is 43.2. The molecule has 4 atom stereocenters. The number of amides is 1. The fraction of sp³-hybridized carbons (Fsp3) is 0.900. The highest BCUT2D eigenvalue weighted by atomic mass is 16.2. The number of carbonyl (C=O) groups excluding carboxylic acids is 1. The van der Waals surface area contributed by atoms with E-state index in [-0.39, 0.29) is 11.8 Å². The van der Waals surface area contributed by atoms with E-state index in [9.17, 15) is 4.79 Å². The van der Waals surface area contributed by atoms with Crippen LogP contribution in [0.15, 0.2) is 0 Å². The summed E-state index contributed by atoms with van der Waals surface area (Å²) < 4.78 is 0. The first-order valence-corrected chi connectivity index (χ1v) is 5.19. The Hall–Kier alpha value is -0.570. The van der Waals surface area contributed by atoms with Crippen LogP contribution in [0, 0.1) is 17.8 Å². The van der Waals surface area contributed by atoms with Crippen molar-refractivity contribution in [2.75, 3.05) is 13.1 Å². The van der Waals surface area contributed by atoms with Crippen LogP contribution in [0.3, 0.4) is 0 Å². The Bertz CT molecular complexity index is 217. The second-order valence-electron chi connectivity index (χ2n) is 4.57. The fourth-order valence-corrected chi connectivity index (χ4v) is 1.97. The van der Waals surface area contributed by atoms with Crippen molar-refractivity contribution in [2.45, 2.75) is 26.3 Å². The van der Waals surface area contributed by atoms with Crippen LogP contribution in [0.4, 0.5) is 0 Å². The summed E-state index contributed by atoms with van der Waals surface area (Å²) in [4.78, 5) is 11.7. The predicted octanol–water partition coefficient (Wildman–Crippen LogP) is 0.366. The lowest BCUT2D eigenvalue weighted by Crippen LogP contribution is -2.36. The third-order valence-electron chi connectivity index (χ3n) is 3.29. The lowest BCUT2D eigenvalue weighted by Gasteiger charge is -2.13. The van der Waals surface area contributed by atoms with Crippen molar-refractivity contribution in [3.8, 4) is 0 Å². The minimum atomic E-state index is 0.202. The third kappa shape index (κ3) is 1.85. The zero-order valence-corrected chi connectivity index (χ0v) is 8.34. The maximum atomic E-state index is 11.7. The molecule has 2 aliphatic rings. The molecule has 2 unspecified atom stereocenters. The lowest BCUT2D eigenvalue weighted by atomic mass is 9.97. The molecule has 1 saturated carbocycles. The van der Waals surface area contributed by atoms with Crippen molar-refractivity contribution in [1.29, 1.82) is 0 Å². The van der Waals surface area contributed by atoms with Gasteiger partial charge in [0.1, 0.15) is 0 Å². The van der Waals surface area contributed by atoms with E-state index in [0.29, 0.717) is 17.9 Å². The summed E-state index contributed by atoms with van der Waals surface area (Å²) in [5.41, 5.74) is 0. The number of rotatable bonds is 2. The molecule has 2 fully saturated rings. The Morgan fingerprint density at radius 2 is 2.00 bits per heavy atom. The van der Waals surface area contributed by atoms with E-state index in [1.807, 2.05) is 0 Å². The molecule has 0 aromatic carbocycles. The molecule has 1 amide bonds. The summed E-state index contributed by atoms with van der Waals surface area (Å²) in [7, 11) is 0. The molecule has 2 rings (SSSR count). The Morgan fingerprint density at radius 1 is 1.31 bits per heavy atom. The van der Waals surface area contributed by atoms with E-state index in [2.05, 4.69) is 24.5 Å². The summed E-state index contributed by atoms with van der Waals surface area (Å²) in [5.74, 6) is 1.65. The average Bonchev–Trinajstić information content (AvgIpc) is 2.62. The summed E-state index contributed by atoms with van der Waals surface area (Å²) >= 11 is 0. The smallest absolute Gasteiger partial charge is 0.224 e. The molecule has 13 heavy (non-hydrogen) atoms. The largest absolute Gasteiger partial charge is 0.353 e. The van der Waals surface area contributed by atoms with Crippen molar-refractivity contribution < 1.29 is 4.79 Å². The first-order valence-electron chi connectivity index (χ1n) is 5.19. The third-order valence-corrected chi connectivity index (χ3v) is 3.29. The second-order valence-corrected chi connectivity index (χ2v) is 4.57. The van der Waals surface area contributed by atoms with E-state index >= 15 is 0 Å². The van der Waals surface area contributed by atoms with Gasteiger partial charge in [-0.05, 0) is 24.8 Å². The van der Waals surface area contributed by atoms with Gasteiger partial charge >= 0.3 is 0 Å². The zero-order valence-electron chi connectivity index (χ0n) is 8.34. The van der Waals surface area contributed by atoms with E-state index in [1.165, 1.54) is 6.42 Å². The lowest BCUT2D eigenvalue weighted by molar-refractivity contribution is -0.125. The monoisotopic (exact) mass is 182 g/mol. The Balaban J connectivity index is 1.82. The van der Waals surface area contributed by atoms with Crippen molar-refractivity contribution in [1.82, 2.24) is 10.6 Å². The first kappa shape index (κ1) is 9.00. The Kier molecular flexibility index (Phi) is 2.28. The molecule has 1 aliphatic heterocycles. The molecule has 1 heterocycles. The Labute approximate surface area is 79.3 Å². The van der Waals surface area contributed by atoms with E-state index < -0.39 is 0 Å². The maximum absolute atomic E-state index is 11.7. The van der Waals surface area contributed by atoms with Gasteiger partial charge in [-0.2, -0.15) is 0 Å². The Morgan fingerprint density at radius 3 is 2.46 bits per heavy atom. The summed E-state index contributed by atoms with van der Waals surface area (Å²) in [6.07, 6.45) is 1.17. The first-order chi connectivity index (χ1) is 6.18. The van der Waals surface area contributed by atoms with Gasteiger partial charge in [0.05, 0.1) is 5.92 Å². The van der Waals surface area contributed by atoms with Crippen molar-refractivity contribution in [3.63, 3.8) is 0 Å². The van der Waals surface area contributed by atoms with Crippen LogP contribution in [0.1, 0.15) is 20.3 Å². The summed E-state index contributed by atoms with van der Waals surface area (Å²) in [5, 5.41) is 6.34. The van der Waals surface area contributed by atoms with Crippen molar-refractivity contribution >= 4 is 5.91 Å². The molecule has 1 saturated heterocycles. The average molecular weight is 182 g/mol. The van der Waals surface area contributed by atoms with Gasteiger partial charge in [0, 0.05) is 12.6 Å². The number of hydrogen-bond acceptors (Lipinski definition) is 2. The standard InChI is InChI=1S/C10H18N2O/c1-6-3-9(6)12-10(13)8-5-11-4-7(8)2/h6-9,11H,3-5H2,1-2H3,(H,12,13)/t6?,7-,8-,9?/m1/s1. The van der Waals surface area contributed by atoms with Crippen LogP contribution in [-0.2, 0) is 4.79 Å². The van der Waals surface area contributed by atoms with Gasteiger partial charge in [-0.3, -0.25) is 4.79 Å². The van der Waals surface area contributed by atoms with Crippen molar-refractivity contribution in [3.05, 3.63) is 0 Å². The SMILES string of the molecule is CC1CC1NC(=O)[C@@H]1CNC[C@H]1C. The number of hydrogen-bond donors (Lipinski definition) is 2. The quantitative estimate of drug-likeness (QED) is 0.647. The molecule has 0 spiro atoms. The molecule has 0 aromatic rings. The van der Waals surface area contributed by atoms with Crippen LogP contribution >= 0.6 is 0 Å². The van der Waals surface area contributed by atoms with Gasteiger partial charge in [-0.25, -0.2) is 0 Å². The highest BCUT2D eigenvalue weighted by Crippen LogP contribution is 2.29. The number of nitrogens with one attached hydrogen (secondary N) is 2. The van der Waals surface area contributed by atoms with Gasteiger partial charge in [-0.1, -0.05) is 13.8 Å². The van der Waals surface area contributed by atoms with Gasteiger partial charge in [0.25, 0.3) is 0 Å². The fourth-order valence-electron chi connectivity index (χ4n) is 1.97. The number of carbonyl (C=O) groups is 1. The minimum Gasteiger partial charge on any atom is -0.353 e. The molecule has 2 N–H and O–H groups in total. The summed E-state index contributed by atoms with van der Waals surface area (Å²) in [6.45, 7) is 6.16. The van der Waals surface area contributed by atoms with E-state index in [4.69, 9.17) is 0 Å². The molecule has 3 nitrogen and oxygen atoms in total. The van der Waals surface area contributed by atoms with Gasteiger partial charge in [0.2, 0.25) is 5.91 Å². The van der Waals surface area contributed by atoms with Gasteiger partial charge in [0.15, 0.2) is 0 Å². The molecule has 0 radical (unpaired) electrons.